The molecular weight excluding hydrogens is 152 g/mol. The summed E-state index contributed by atoms with van der Waals surface area (Å²) in [5.74, 6) is 0.818. The number of aliphatic hydroxyl groups is 1. The highest BCUT2D eigenvalue weighted by Crippen LogP contribution is 2.28. The summed E-state index contributed by atoms with van der Waals surface area (Å²) >= 11 is 0. The summed E-state index contributed by atoms with van der Waals surface area (Å²) in [6.45, 7) is 4.21. The second kappa shape index (κ2) is 3.85. The molecule has 2 nitrogen and oxygen atoms in total. The first-order chi connectivity index (χ1) is 5.65. The van der Waals surface area contributed by atoms with Crippen molar-refractivity contribution in [3.8, 4) is 0 Å². The molecule has 0 radical (unpaired) electrons. The van der Waals surface area contributed by atoms with Crippen LogP contribution in [0.2, 0.25) is 0 Å². The van der Waals surface area contributed by atoms with Crippen molar-refractivity contribution in [2.45, 2.75) is 32.8 Å². The van der Waals surface area contributed by atoms with Gasteiger partial charge >= 0.3 is 0 Å². The molecule has 0 fully saturated rings. The molecule has 12 heavy (non-hydrogen) atoms. The molecule has 1 rings (SSSR count). The van der Waals surface area contributed by atoms with Crippen LogP contribution in [0.1, 0.15) is 26.7 Å². The van der Waals surface area contributed by atoms with Gasteiger partial charge in [-0.1, -0.05) is 13.8 Å². The first kappa shape index (κ1) is 9.46. The molecular formula is C10H16O2. The van der Waals surface area contributed by atoms with Gasteiger partial charge in [0.2, 0.25) is 0 Å². The maximum Gasteiger partial charge on any atom is 0.145 e. The second-order valence-electron chi connectivity index (χ2n) is 3.80. The molecule has 0 aromatic rings. The Balaban J connectivity index is 2.66. The van der Waals surface area contributed by atoms with Gasteiger partial charge in [0.05, 0.1) is 6.10 Å². The van der Waals surface area contributed by atoms with Crippen molar-refractivity contribution in [3.05, 3.63) is 11.6 Å². The maximum atomic E-state index is 10.4. The predicted molar refractivity (Wildman–Crippen MR) is 47.7 cm³/mol. The Hall–Kier alpha value is -0.630. The van der Waals surface area contributed by atoms with E-state index >= 15 is 0 Å². The monoisotopic (exact) mass is 168 g/mol. The van der Waals surface area contributed by atoms with Gasteiger partial charge in [-0.25, -0.2) is 0 Å². The van der Waals surface area contributed by atoms with Crippen molar-refractivity contribution in [2.75, 3.05) is 0 Å². The van der Waals surface area contributed by atoms with Gasteiger partial charge in [-0.05, 0) is 36.3 Å². The number of carbonyl (C=O) groups is 1. The molecule has 0 heterocycles. The molecule has 2 unspecified atom stereocenters. The second-order valence-corrected chi connectivity index (χ2v) is 3.80. The zero-order chi connectivity index (χ0) is 9.14. The van der Waals surface area contributed by atoms with Crippen molar-refractivity contribution < 1.29 is 9.90 Å². The van der Waals surface area contributed by atoms with Gasteiger partial charge < -0.3 is 5.11 Å². The van der Waals surface area contributed by atoms with Gasteiger partial charge in [0, 0.05) is 0 Å². The van der Waals surface area contributed by atoms with Gasteiger partial charge in [-0.15, -0.1) is 0 Å². The molecule has 2 atom stereocenters. The molecule has 1 N–H and O–H groups in total. The Kier molecular flexibility index (Phi) is 3.04. The van der Waals surface area contributed by atoms with Crippen molar-refractivity contribution >= 4 is 6.29 Å². The highest BCUT2D eigenvalue weighted by molar-refractivity contribution is 5.73. The van der Waals surface area contributed by atoms with E-state index in [9.17, 15) is 9.90 Å². The molecule has 0 spiro atoms. The summed E-state index contributed by atoms with van der Waals surface area (Å²) in [6, 6.07) is 0. The van der Waals surface area contributed by atoms with Gasteiger partial charge in [0.1, 0.15) is 6.29 Å². The van der Waals surface area contributed by atoms with Crippen LogP contribution in [0.3, 0.4) is 0 Å². The van der Waals surface area contributed by atoms with Crippen LogP contribution >= 0.6 is 0 Å². The highest BCUT2D eigenvalue weighted by Gasteiger charge is 2.24. The van der Waals surface area contributed by atoms with Crippen molar-refractivity contribution in [3.63, 3.8) is 0 Å². The number of carbonyl (C=O) groups excluding carboxylic acids is 1. The van der Waals surface area contributed by atoms with Gasteiger partial charge in [0.15, 0.2) is 0 Å². The summed E-state index contributed by atoms with van der Waals surface area (Å²) in [6.07, 6.45) is 3.88. The van der Waals surface area contributed by atoms with Crippen LogP contribution < -0.4 is 0 Å². The van der Waals surface area contributed by atoms with Crippen molar-refractivity contribution in [1.82, 2.24) is 0 Å². The lowest BCUT2D eigenvalue weighted by molar-refractivity contribution is -0.105. The minimum atomic E-state index is -0.418. The van der Waals surface area contributed by atoms with Crippen molar-refractivity contribution in [1.29, 1.82) is 0 Å². The quantitative estimate of drug-likeness (QED) is 0.635. The number of rotatable bonds is 2. The Morgan fingerprint density at radius 3 is 2.75 bits per heavy atom. The Bertz CT molecular complexity index is 194. The fraction of sp³-hybridized carbons (Fsp3) is 0.700. The molecule has 1 aliphatic carbocycles. The van der Waals surface area contributed by atoms with E-state index in [1.54, 1.807) is 6.08 Å². The zero-order valence-corrected chi connectivity index (χ0v) is 7.66. The van der Waals surface area contributed by atoms with Gasteiger partial charge in [-0.3, -0.25) is 4.79 Å². The SMILES string of the molecule is CC(C)C1CCC(C=O)=CC1O. The number of aliphatic hydroxyl groups excluding tert-OH is 1. The molecule has 0 aromatic carbocycles. The van der Waals surface area contributed by atoms with E-state index in [-0.39, 0.29) is 0 Å². The molecule has 0 aromatic heterocycles. The Labute approximate surface area is 73.3 Å². The van der Waals surface area contributed by atoms with Crippen LogP contribution in [0.5, 0.6) is 0 Å². The molecule has 0 saturated carbocycles. The lowest BCUT2D eigenvalue weighted by atomic mass is 9.81. The third-order valence-electron chi connectivity index (χ3n) is 2.60. The maximum absolute atomic E-state index is 10.4. The lowest BCUT2D eigenvalue weighted by Crippen LogP contribution is -2.27. The van der Waals surface area contributed by atoms with E-state index in [4.69, 9.17) is 0 Å². The molecule has 0 aliphatic heterocycles. The normalized spacial score (nSPS) is 30.2. The molecule has 0 saturated heterocycles. The topological polar surface area (TPSA) is 37.3 Å². The minimum Gasteiger partial charge on any atom is -0.389 e. The first-order valence-corrected chi connectivity index (χ1v) is 4.49. The van der Waals surface area contributed by atoms with E-state index in [0.717, 1.165) is 24.7 Å². The number of hydrogen-bond donors (Lipinski definition) is 1. The van der Waals surface area contributed by atoms with Crippen molar-refractivity contribution in [2.24, 2.45) is 11.8 Å². The summed E-state index contributed by atoms with van der Waals surface area (Å²) in [5.41, 5.74) is 0.749. The number of aldehydes is 1. The van der Waals surface area contributed by atoms with Crippen LogP contribution in [-0.4, -0.2) is 17.5 Å². The highest BCUT2D eigenvalue weighted by atomic mass is 16.3. The van der Waals surface area contributed by atoms with Crippen LogP contribution in [0.25, 0.3) is 0 Å². The molecule has 0 amide bonds. The van der Waals surface area contributed by atoms with E-state index < -0.39 is 6.10 Å². The van der Waals surface area contributed by atoms with Crippen LogP contribution in [0.15, 0.2) is 11.6 Å². The smallest absolute Gasteiger partial charge is 0.145 e. The third-order valence-corrected chi connectivity index (χ3v) is 2.60. The van der Waals surface area contributed by atoms with E-state index in [0.29, 0.717) is 11.8 Å². The standard InChI is InChI=1S/C10H16O2/c1-7(2)9-4-3-8(6-11)5-10(9)12/h5-7,9-10,12H,3-4H2,1-2H3. The molecule has 2 heteroatoms. The fourth-order valence-corrected chi connectivity index (χ4v) is 1.76. The summed E-state index contributed by atoms with van der Waals surface area (Å²) in [5, 5.41) is 9.61. The van der Waals surface area contributed by atoms with Gasteiger partial charge in [-0.2, -0.15) is 0 Å². The van der Waals surface area contributed by atoms with E-state index in [2.05, 4.69) is 13.8 Å². The zero-order valence-electron chi connectivity index (χ0n) is 7.66. The lowest BCUT2D eigenvalue weighted by Gasteiger charge is -2.28. The largest absolute Gasteiger partial charge is 0.389 e. The number of allylic oxidation sites excluding steroid dienone is 1. The summed E-state index contributed by atoms with van der Waals surface area (Å²) in [7, 11) is 0. The van der Waals surface area contributed by atoms with Crippen LogP contribution in [0.4, 0.5) is 0 Å². The summed E-state index contributed by atoms with van der Waals surface area (Å²) < 4.78 is 0. The summed E-state index contributed by atoms with van der Waals surface area (Å²) in [4.78, 5) is 10.4. The molecule has 0 bridgehead atoms. The first-order valence-electron chi connectivity index (χ1n) is 4.49. The van der Waals surface area contributed by atoms with Crippen LogP contribution in [-0.2, 0) is 4.79 Å². The number of hydrogen-bond acceptors (Lipinski definition) is 2. The predicted octanol–water partition coefficient (Wildman–Crippen LogP) is 1.54. The Morgan fingerprint density at radius 1 is 1.67 bits per heavy atom. The van der Waals surface area contributed by atoms with E-state index in [1.165, 1.54) is 0 Å². The molecule has 68 valence electrons. The van der Waals surface area contributed by atoms with Gasteiger partial charge in [0.25, 0.3) is 0 Å². The fourth-order valence-electron chi connectivity index (χ4n) is 1.76. The van der Waals surface area contributed by atoms with E-state index in [1.807, 2.05) is 0 Å². The minimum absolute atomic E-state index is 0.327. The van der Waals surface area contributed by atoms with Crippen LogP contribution in [0, 0.1) is 11.8 Å². The average molecular weight is 168 g/mol. The third kappa shape index (κ3) is 1.95. The Morgan fingerprint density at radius 2 is 2.33 bits per heavy atom. The molecule has 1 aliphatic rings. The average Bonchev–Trinajstić information content (AvgIpc) is 2.03.